The van der Waals surface area contributed by atoms with Gasteiger partial charge in [-0.15, -0.1) is 0 Å². The van der Waals surface area contributed by atoms with E-state index in [1.807, 2.05) is 62.4 Å². The van der Waals surface area contributed by atoms with Crippen molar-refractivity contribution in [3.05, 3.63) is 83.2 Å². The van der Waals surface area contributed by atoms with Crippen molar-refractivity contribution >= 4 is 5.78 Å². The van der Waals surface area contributed by atoms with Crippen molar-refractivity contribution in [3.63, 3.8) is 0 Å². The molecule has 0 saturated heterocycles. The third kappa shape index (κ3) is 2.50. The molecule has 3 nitrogen and oxygen atoms in total. The molecule has 21 heavy (non-hydrogen) atoms. The molecule has 0 amide bonds. The number of hydrogen-bond donors (Lipinski definition) is 0. The summed E-state index contributed by atoms with van der Waals surface area (Å²) in [4.78, 5) is 12.7. The molecule has 1 aromatic heterocycles. The van der Waals surface area contributed by atoms with Crippen LogP contribution in [0.5, 0.6) is 0 Å². The average Bonchev–Trinajstić information content (AvgIpc) is 2.99. The molecule has 3 heteroatoms. The lowest BCUT2D eigenvalue weighted by Crippen LogP contribution is -2.10. The Morgan fingerprint density at radius 3 is 2.43 bits per heavy atom. The summed E-state index contributed by atoms with van der Waals surface area (Å²) in [6, 6.07) is 17.2. The Morgan fingerprint density at radius 1 is 0.952 bits per heavy atom. The highest BCUT2D eigenvalue weighted by Crippen LogP contribution is 2.17. The maximum absolute atomic E-state index is 12.7. The molecule has 2 aromatic carbocycles. The molecule has 0 spiro atoms. The Kier molecular flexibility index (Phi) is 3.40. The minimum atomic E-state index is -0.0144. The number of aromatic nitrogens is 2. The molecule has 0 saturated carbocycles. The van der Waals surface area contributed by atoms with Gasteiger partial charge in [-0.25, -0.2) is 4.68 Å². The smallest absolute Gasteiger partial charge is 0.211 e. The predicted molar refractivity (Wildman–Crippen MR) is 82.9 cm³/mol. The summed E-state index contributed by atoms with van der Waals surface area (Å²) in [6.45, 7) is 4.05. The van der Waals surface area contributed by atoms with E-state index in [1.54, 1.807) is 16.9 Å². The summed E-state index contributed by atoms with van der Waals surface area (Å²) in [7, 11) is 0. The molecule has 0 N–H and O–H groups in total. The van der Waals surface area contributed by atoms with Crippen molar-refractivity contribution in [1.82, 2.24) is 9.78 Å². The Bertz CT molecular complexity index is 788. The number of benzene rings is 2. The van der Waals surface area contributed by atoms with Crippen molar-refractivity contribution in [2.24, 2.45) is 0 Å². The van der Waals surface area contributed by atoms with Crippen LogP contribution in [0, 0.1) is 13.8 Å². The van der Waals surface area contributed by atoms with Crippen molar-refractivity contribution in [1.29, 1.82) is 0 Å². The van der Waals surface area contributed by atoms with Crippen LogP contribution in [0.1, 0.15) is 27.2 Å². The van der Waals surface area contributed by atoms with Crippen LogP contribution in [0.4, 0.5) is 0 Å². The first kappa shape index (κ1) is 13.3. The van der Waals surface area contributed by atoms with Crippen LogP contribution in [0.3, 0.4) is 0 Å². The second kappa shape index (κ2) is 5.37. The first-order valence-corrected chi connectivity index (χ1v) is 6.88. The summed E-state index contributed by atoms with van der Waals surface area (Å²) in [5, 5.41) is 4.27. The fraction of sp³-hybridized carbons (Fsp3) is 0.111. The molecule has 0 unspecified atom stereocenters. The molecule has 0 bridgehead atoms. The van der Waals surface area contributed by atoms with Gasteiger partial charge in [-0.1, -0.05) is 30.3 Å². The molecule has 0 aliphatic heterocycles. The lowest BCUT2D eigenvalue weighted by atomic mass is 10.0. The van der Waals surface area contributed by atoms with Crippen molar-refractivity contribution in [2.45, 2.75) is 13.8 Å². The molecule has 0 aliphatic carbocycles. The zero-order valence-corrected chi connectivity index (χ0v) is 12.1. The monoisotopic (exact) mass is 276 g/mol. The minimum Gasteiger partial charge on any atom is -0.287 e. The van der Waals surface area contributed by atoms with Gasteiger partial charge in [0.25, 0.3) is 0 Å². The van der Waals surface area contributed by atoms with Gasteiger partial charge in [-0.3, -0.25) is 4.79 Å². The maximum atomic E-state index is 12.7. The van der Waals surface area contributed by atoms with E-state index in [0.717, 1.165) is 11.3 Å². The number of nitrogens with zero attached hydrogens (tertiary/aromatic N) is 2. The second-order valence-corrected chi connectivity index (χ2v) is 5.09. The first-order valence-electron chi connectivity index (χ1n) is 6.88. The summed E-state index contributed by atoms with van der Waals surface area (Å²) in [5.41, 5.74) is 4.45. The van der Waals surface area contributed by atoms with Crippen LogP contribution in [-0.2, 0) is 0 Å². The van der Waals surface area contributed by atoms with Gasteiger partial charge in [0.1, 0.15) is 5.69 Å². The fourth-order valence-corrected chi connectivity index (χ4v) is 2.28. The molecule has 0 aliphatic rings. The van der Waals surface area contributed by atoms with E-state index < -0.39 is 0 Å². The largest absolute Gasteiger partial charge is 0.287 e. The number of rotatable bonds is 3. The third-order valence-electron chi connectivity index (χ3n) is 3.65. The van der Waals surface area contributed by atoms with Gasteiger partial charge >= 0.3 is 0 Å². The molecule has 1 heterocycles. The van der Waals surface area contributed by atoms with Crippen LogP contribution in [0.25, 0.3) is 5.69 Å². The first-order chi connectivity index (χ1) is 10.2. The normalized spacial score (nSPS) is 10.6. The van der Waals surface area contributed by atoms with E-state index in [2.05, 4.69) is 5.10 Å². The highest BCUT2D eigenvalue weighted by Gasteiger charge is 2.15. The molecular formula is C18H16N2O. The van der Waals surface area contributed by atoms with Gasteiger partial charge in [0, 0.05) is 5.56 Å². The Labute approximate surface area is 123 Å². The molecule has 104 valence electrons. The number of carbonyl (C=O) groups is 1. The standard InChI is InChI=1S/C18H16N2O/c1-13-8-9-15(12-14(13)2)18(21)17-10-11-19-20(17)16-6-4-3-5-7-16/h3-12H,1-2H3. The van der Waals surface area contributed by atoms with Crippen molar-refractivity contribution in [3.8, 4) is 5.69 Å². The van der Waals surface area contributed by atoms with Crippen LogP contribution in [-0.4, -0.2) is 15.6 Å². The van der Waals surface area contributed by atoms with Gasteiger partial charge in [-0.05, 0) is 49.2 Å². The van der Waals surface area contributed by atoms with E-state index in [4.69, 9.17) is 0 Å². The van der Waals surface area contributed by atoms with E-state index in [0.29, 0.717) is 11.3 Å². The Balaban J connectivity index is 2.03. The second-order valence-electron chi connectivity index (χ2n) is 5.09. The SMILES string of the molecule is Cc1ccc(C(=O)c2ccnn2-c2ccccc2)cc1C. The average molecular weight is 276 g/mol. The lowest BCUT2D eigenvalue weighted by Gasteiger charge is -2.08. The van der Waals surface area contributed by atoms with Crippen LogP contribution in [0.15, 0.2) is 60.8 Å². The van der Waals surface area contributed by atoms with Gasteiger partial charge in [-0.2, -0.15) is 5.10 Å². The number of aryl methyl sites for hydroxylation is 2. The van der Waals surface area contributed by atoms with Crippen LogP contribution in [0.2, 0.25) is 0 Å². The van der Waals surface area contributed by atoms with E-state index in [-0.39, 0.29) is 5.78 Å². The number of hydrogen-bond acceptors (Lipinski definition) is 2. The zero-order chi connectivity index (χ0) is 14.8. The Hall–Kier alpha value is -2.68. The molecule has 3 aromatic rings. The van der Waals surface area contributed by atoms with E-state index in [1.165, 1.54) is 5.56 Å². The summed E-state index contributed by atoms with van der Waals surface area (Å²) >= 11 is 0. The lowest BCUT2D eigenvalue weighted by molar-refractivity contribution is 0.103. The fourth-order valence-electron chi connectivity index (χ4n) is 2.28. The predicted octanol–water partition coefficient (Wildman–Crippen LogP) is 3.72. The topological polar surface area (TPSA) is 34.9 Å². The van der Waals surface area contributed by atoms with Crippen LogP contribution >= 0.6 is 0 Å². The Morgan fingerprint density at radius 2 is 1.71 bits per heavy atom. The highest BCUT2D eigenvalue weighted by atomic mass is 16.1. The van der Waals surface area contributed by atoms with Crippen molar-refractivity contribution < 1.29 is 4.79 Å². The number of carbonyl (C=O) groups excluding carboxylic acids is 1. The maximum Gasteiger partial charge on any atom is 0.211 e. The van der Waals surface area contributed by atoms with Gasteiger partial charge in [0.2, 0.25) is 5.78 Å². The van der Waals surface area contributed by atoms with Gasteiger partial charge < -0.3 is 0 Å². The molecule has 0 atom stereocenters. The molecule has 3 rings (SSSR count). The van der Waals surface area contributed by atoms with Gasteiger partial charge in [0.15, 0.2) is 0 Å². The summed E-state index contributed by atoms with van der Waals surface area (Å²) < 4.78 is 1.68. The molecule has 0 fully saturated rings. The van der Waals surface area contributed by atoms with Crippen molar-refractivity contribution in [2.75, 3.05) is 0 Å². The summed E-state index contributed by atoms with van der Waals surface area (Å²) in [5.74, 6) is -0.0144. The van der Waals surface area contributed by atoms with Gasteiger partial charge in [0.05, 0.1) is 11.9 Å². The number of para-hydroxylation sites is 1. The number of ketones is 1. The highest BCUT2D eigenvalue weighted by molar-refractivity contribution is 6.08. The summed E-state index contributed by atoms with van der Waals surface area (Å²) in [6.07, 6.45) is 1.65. The molecular weight excluding hydrogens is 260 g/mol. The zero-order valence-electron chi connectivity index (χ0n) is 12.1. The van der Waals surface area contributed by atoms with E-state index >= 15 is 0 Å². The third-order valence-corrected chi connectivity index (χ3v) is 3.65. The minimum absolute atomic E-state index is 0.0144. The van der Waals surface area contributed by atoms with Crippen LogP contribution < -0.4 is 0 Å². The quantitative estimate of drug-likeness (QED) is 0.683. The van der Waals surface area contributed by atoms with E-state index in [9.17, 15) is 4.79 Å². The molecule has 0 radical (unpaired) electrons.